The molecule has 2 aromatic rings. The van der Waals surface area contributed by atoms with E-state index in [2.05, 4.69) is 46.8 Å². The molecule has 0 radical (unpaired) electrons. The molecule has 0 spiro atoms. The smallest absolute Gasteiger partial charge is 0.233 e. The van der Waals surface area contributed by atoms with Gasteiger partial charge in [-0.3, -0.25) is 4.79 Å². The third kappa shape index (κ3) is 4.03. The van der Waals surface area contributed by atoms with Gasteiger partial charge in [-0.2, -0.15) is 0 Å². The summed E-state index contributed by atoms with van der Waals surface area (Å²) in [5.41, 5.74) is 3.43. The molecule has 3 rings (SSSR count). The van der Waals surface area contributed by atoms with Crippen LogP contribution in [0.15, 0.2) is 22.5 Å². The zero-order chi connectivity index (χ0) is 16.2. The SMILES string of the molecule is Cc1cccc(C)c1Nc1nnc(SC2CCCCNC2=O)s1. The van der Waals surface area contributed by atoms with Crippen LogP contribution in [-0.4, -0.2) is 27.9 Å². The number of nitrogens with one attached hydrogen (secondary N) is 2. The maximum atomic E-state index is 12.0. The third-order valence-corrected chi connectivity index (χ3v) is 6.04. The molecule has 0 saturated carbocycles. The van der Waals surface area contributed by atoms with E-state index in [1.54, 1.807) is 0 Å². The van der Waals surface area contributed by atoms with Crippen LogP contribution in [0.4, 0.5) is 10.8 Å². The van der Waals surface area contributed by atoms with Crippen LogP contribution >= 0.6 is 23.1 Å². The van der Waals surface area contributed by atoms with Crippen molar-refractivity contribution in [2.24, 2.45) is 0 Å². The predicted octanol–water partition coefficient (Wildman–Crippen LogP) is 3.66. The number of hydrogen-bond donors (Lipinski definition) is 2. The van der Waals surface area contributed by atoms with Crippen LogP contribution in [0.1, 0.15) is 30.4 Å². The summed E-state index contributed by atoms with van der Waals surface area (Å²) in [4.78, 5) is 12.0. The molecule has 1 aliphatic rings. The van der Waals surface area contributed by atoms with E-state index in [4.69, 9.17) is 0 Å². The fraction of sp³-hybridized carbons (Fsp3) is 0.438. The van der Waals surface area contributed by atoms with Crippen LogP contribution in [0.25, 0.3) is 0 Å². The molecule has 1 fully saturated rings. The standard InChI is InChI=1S/C16H20N4OS2/c1-10-6-5-7-11(2)13(10)18-15-19-20-16(23-15)22-12-8-3-4-9-17-14(12)21/h5-7,12H,3-4,8-9H2,1-2H3,(H,17,21)(H,18,19). The van der Waals surface area contributed by atoms with Crippen molar-refractivity contribution >= 4 is 39.8 Å². The largest absolute Gasteiger partial charge is 0.355 e. The van der Waals surface area contributed by atoms with Gasteiger partial charge in [-0.05, 0) is 37.8 Å². The monoisotopic (exact) mass is 348 g/mol. The summed E-state index contributed by atoms with van der Waals surface area (Å²) < 4.78 is 0.834. The molecule has 1 aromatic heterocycles. The van der Waals surface area contributed by atoms with Gasteiger partial charge in [-0.15, -0.1) is 10.2 Å². The van der Waals surface area contributed by atoms with Crippen LogP contribution in [-0.2, 0) is 4.79 Å². The van der Waals surface area contributed by atoms with E-state index in [0.29, 0.717) is 0 Å². The number of carbonyl (C=O) groups is 1. The van der Waals surface area contributed by atoms with Gasteiger partial charge in [0.05, 0.1) is 5.25 Å². The lowest BCUT2D eigenvalue weighted by atomic mass is 10.1. The van der Waals surface area contributed by atoms with Crippen LogP contribution in [0, 0.1) is 13.8 Å². The molecular weight excluding hydrogens is 328 g/mol. The number of thioether (sulfide) groups is 1. The summed E-state index contributed by atoms with van der Waals surface area (Å²) in [6.07, 6.45) is 3.02. The lowest BCUT2D eigenvalue weighted by Crippen LogP contribution is -2.30. The van der Waals surface area contributed by atoms with E-state index in [1.807, 2.05) is 6.07 Å². The van der Waals surface area contributed by atoms with Crippen molar-refractivity contribution in [2.75, 3.05) is 11.9 Å². The second-order valence-electron chi connectivity index (χ2n) is 5.66. The van der Waals surface area contributed by atoms with Crippen LogP contribution in [0.3, 0.4) is 0 Å². The Morgan fingerprint density at radius 2 is 2.04 bits per heavy atom. The molecule has 1 aliphatic heterocycles. The number of aromatic nitrogens is 2. The molecule has 23 heavy (non-hydrogen) atoms. The van der Waals surface area contributed by atoms with Gasteiger partial charge in [0, 0.05) is 12.2 Å². The van der Waals surface area contributed by atoms with Crippen molar-refractivity contribution in [3.05, 3.63) is 29.3 Å². The summed E-state index contributed by atoms with van der Waals surface area (Å²) in [6, 6.07) is 6.19. The average Bonchev–Trinajstić information content (AvgIpc) is 2.86. The first-order valence-corrected chi connectivity index (χ1v) is 9.44. The average molecular weight is 348 g/mol. The number of hydrogen-bond acceptors (Lipinski definition) is 6. The van der Waals surface area contributed by atoms with Crippen molar-refractivity contribution in [2.45, 2.75) is 42.7 Å². The molecule has 0 aliphatic carbocycles. The minimum absolute atomic E-state index is 0.0569. The molecule has 122 valence electrons. The van der Waals surface area contributed by atoms with Crippen LogP contribution < -0.4 is 10.6 Å². The summed E-state index contributed by atoms with van der Waals surface area (Å²) in [7, 11) is 0. The molecule has 2 heterocycles. The maximum Gasteiger partial charge on any atom is 0.233 e. The van der Waals surface area contributed by atoms with Crippen LogP contribution in [0.5, 0.6) is 0 Å². The molecule has 5 nitrogen and oxygen atoms in total. The number of amides is 1. The number of para-hydroxylation sites is 1. The van der Waals surface area contributed by atoms with Crippen LogP contribution in [0.2, 0.25) is 0 Å². The van der Waals surface area contributed by atoms with Gasteiger partial charge in [0.25, 0.3) is 0 Å². The van der Waals surface area contributed by atoms with E-state index < -0.39 is 0 Å². The molecular formula is C16H20N4OS2. The quantitative estimate of drug-likeness (QED) is 0.883. The second-order valence-corrected chi connectivity index (χ2v) is 8.09. The number of aryl methyl sites for hydroxylation is 2. The van der Waals surface area contributed by atoms with Gasteiger partial charge in [0.15, 0.2) is 4.34 Å². The zero-order valence-electron chi connectivity index (χ0n) is 13.3. The Balaban J connectivity index is 1.69. The first kappa shape index (κ1) is 16.3. The Labute approximate surface area is 144 Å². The molecule has 7 heteroatoms. The van der Waals surface area contributed by atoms with Crippen molar-refractivity contribution in [3.63, 3.8) is 0 Å². The van der Waals surface area contributed by atoms with Gasteiger partial charge < -0.3 is 10.6 Å². The molecule has 1 aromatic carbocycles. The van der Waals surface area contributed by atoms with E-state index in [-0.39, 0.29) is 11.2 Å². The molecule has 1 saturated heterocycles. The lowest BCUT2D eigenvalue weighted by Gasteiger charge is -2.10. The van der Waals surface area contributed by atoms with E-state index in [0.717, 1.165) is 41.0 Å². The van der Waals surface area contributed by atoms with E-state index in [9.17, 15) is 4.79 Å². The van der Waals surface area contributed by atoms with E-state index >= 15 is 0 Å². The highest BCUT2D eigenvalue weighted by Crippen LogP contribution is 2.34. The number of rotatable bonds is 4. The molecule has 1 atom stereocenters. The first-order valence-electron chi connectivity index (χ1n) is 7.74. The summed E-state index contributed by atoms with van der Waals surface area (Å²) in [5, 5.41) is 15.4. The molecule has 2 N–H and O–H groups in total. The Hall–Kier alpha value is -1.60. The fourth-order valence-corrected chi connectivity index (χ4v) is 4.64. The minimum Gasteiger partial charge on any atom is -0.355 e. The Bertz CT molecular complexity index is 681. The van der Waals surface area contributed by atoms with Crippen molar-refractivity contribution < 1.29 is 4.79 Å². The first-order chi connectivity index (χ1) is 11.1. The Morgan fingerprint density at radius 1 is 1.26 bits per heavy atom. The topological polar surface area (TPSA) is 66.9 Å². The van der Waals surface area contributed by atoms with Gasteiger partial charge in [0.1, 0.15) is 0 Å². The highest BCUT2D eigenvalue weighted by atomic mass is 32.2. The van der Waals surface area contributed by atoms with Gasteiger partial charge >= 0.3 is 0 Å². The summed E-state index contributed by atoms with van der Waals surface area (Å²) >= 11 is 3.02. The van der Waals surface area contributed by atoms with Gasteiger partial charge in [-0.1, -0.05) is 47.7 Å². The third-order valence-electron chi connectivity index (χ3n) is 3.85. The van der Waals surface area contributed by atoms with Crippen molar-refractivity contribution in [1.82, 2.24) is 15.5 Å². The van der Waals surface area contributed by atoms with Gasteiger partial charge in [-0.25, -0.2) is 0 Å². The van der Waals surface area contributed by atoms with Crippen molar-refractivity contribution in [1.29, 1.82) is 0 Å². The molecule has 0 bridgehead atoms. The Kier molecular flexibility index (Phi) is 5.17. The fourth-order valence-electron chi connectivity index (χ4n) is 2.57. The lowest BCUT2D eigenvalue weighted by molar-refractivity contribution is -0.120. The maximum absolute atomic E-state index is 12.0. The summed E-state index contributed by atoms with van der Waals surface area (Å²) in [6.45, 7) is 4.93. The summed E-state index contributed by atoms with van der Waals surface area (Å²) in [5.74, 6) is 0.118. The highest BCUT2D eigenvalue weighted by Gasteiger charge is 2.23. The number of anilines is 2. The Morgan fingerprint density at radius 3 is 2.83 bits per heavy atom. The number of nitrogens with zero attached hydrogens (tertiary/aromatic N) is 2. The van der Waals surface area contributed by atoms with Gasteiger partial charge in [0.2, 0.25) is 11.0 Å². The predicted molar refractivity (Wildman–Crippen MR) is 95.6 cm³/mol. The number of carbonyl (C=O) groups excluding carboxylic acids is 1. The normalized spacial score (nSPS) is 18.3. The van der Waals surface area contributed by atoms with E-state index in [1.165, 1.54) is 34.2 Å². The molecule has 1 unspecified atom stereocenters. The minimum atomic E-state index is -0.0569. The van der Waals surface area contributed by atoms with Crippen molar-refractivity contribution in [3.8, 4) is 0 Å². The number of benzene rings is 1. The second kappa shape index (κ2) is 7.31. The molecule has 1 amide bonds. The zero-order valence-corrected chi connectivity index (χ0v) is 14.9. The highest BCUT2D eigenvalue weighted by molar-refractivity contribution is 8.02.